The second-order valence-electron chi connectivity index (χ2n) is 8.45. The number of hydrogen-bond acceptors (Lipinski definition) is 5. The Labute approximate surface area is 176 Å². The standard InChI is InChI=1S/C22H30N4O4/c1-15-8-5-6-9-18(15)29-13-7-10-19(27)23-20-16-14-26(12-11-17(16)24-25-20)21(28)30-22(2,3)4/h5-6,8-9H,7,10-14H2,1-4H3,(H2,23,24,25,27). The normalized spacial score (nSPS) is 13.5. The second kappa shape index (κ2) is 9.19. The van der Waals surface area contributed by atoms with Gasteiger partial charge in [0.2, 0.25) is 5.91 Å². The lowest BCUT2D eigenvalue weighted by Crippen LogP contribution is -2.40. The fourth-order valence-corrected chi connectivity index (χ4v) is 3.21. The molecule has 0 aliphatic carbocycles. The van der Waals surface area contributed by atoms with E-state index in [1.807, 2.05) is 52.0 Å². The average Bonchev–Trinajstić information content (AvgIpc) is 3.07. The van der Waals surface area contributed by atoms with E-state index in [1.165, 1.54) is 0 Å². The third-order valence-electron chi connectivity index (χ3n) is 4.74. The van der Waals surface area contributed by atoms with Crippen molar-refractivity contribution in [2.75, 3.05) is 18.5 Å². The zero-order chi connectivity index (χ0) is 21.7. The van der Waals surface area contributed by atoms with Crippen molar-refractivity contribution < 1.29 is 19.1 Å². The minimum atomic E-state index is -0.550. The van der Waals surface area contributed by atoms with Crippen molar-refractivity contribution in [2.45, 2.75) is 59.1 Å². The highest BCUT2D eigenvalue weighted by Crippen LogP contribution is 2.25. The number of aryl methyl sites for hydroxylation is 1. The number of carbonyl (C=O) groups excluding carboxylic acids is 2. The van der Waals surface area contributed by atoms with Crippen LogP contribution in [0.15, 0.2) is 24.3 Å². The number of para-hydroxylation sites is 1. The van der Waals surface area contributed by atoms with Crippen LogP contribution in [0.3, 0.4) is 0 Å². The van der Waals surface area contributed by atoms with Crippen molar-refractivity contribution in [1.82, 2.24) is 15.1 Å². The highest BCUT2D eigenvalue weighted by molar-refractivity contribution is 5.90. The summed E-state index contributed by atoms with van der Waals surface area (Å²) in [4.78, 5) is 26.4. The molecule has 162 valence electrons. The second-order valence-corrected chi connectivity index (χ2v) is 8.45. The molecule has 1 aliphatic rings. The molecule has 0 fully saturated rings. The summed E-state index contributed by atoms with van der Waals surface area (Å²) >= 11 is 0. The van der Waals surface area contributed by atoms with Crippen molar-refractivity contribution in [3.63, 3.8) is 0 Å². The Bertz CT molecular complexity index is 901. The molecular weight excluding hydrogens is 384 g/mol. The molecule has 0 spiro atoms. The van der Waals surface area contributed by atoms with Gasteiger partial charge in [0.05, 0.1) is 13.2 Å². The Morgan fingerprint density at radius 3 is 2.77 bits per heavy atom. The van der Waals surface area contributed by atoms with E-state index in [9.17, 15) is 9.59 Å². The molecule has 2 N–H and O–H groups in total. The Morgan fingerprint density at radius 1 is 1.27 bits per heavy atom. The van der Waals surface area contributed by atoms with Gasteiger partial charge in [-0.15, -0.1) is 0 Å². The molecule has 30 heavy (non-hydrogen) atoms. The van der Waals surface area contributed by atoms with E-state index in [0.29, 0.717) is 44.8 Å². The largest absolute Gasteiger partial charge is 0.493 e. The lowest BCUT2D eigenvalue weighted by Gasteiger charge is -2.30. The summed E-state index contributed by atoms with van der Waals surface area (Å²) in [5, 5.41) is 10.0. The van der Waals surface area contributed by atoms with Crippen LogP contribution < -0.4 is 10.1 Å². The van der Waals surface area contributed by atoms with E-state index in [4.69, 9.17) is 9.47 Å². The molecule has 2 amide bonds. The van der Waals surface area contributed by atoms with Crippen molar-refractivity contribution in [1.29, 1.82) is 0 Å². The van der Waals surface area contributed by atoms with E-state index < -0.39 is 5.60 Å². The number of anilines is 1. The predicted molar refractivity (Wildman–Crippen MR) is 113 cm³/mol. The van der Waals surface area contributed by atoms with Crippen LogP contribution in [-0.4, -0.2) is 45.9 Å². The maximum Gasteiger partial charge on any atom is 0.410 e. The summed E-state index contributed by atoms with van der Waals surface area (Å²) in [5.74, 6) is 1.18. The highest BCUT2D eigenvalue weighted by atomic mass is 16.6. The lowest BCUT2D eigenvalue weighted by molar-refractivity contribution is -0.116. The molecule has 0 saturated carbocycles. The molecule has 0 radical (unpaired) electrons. The summed E-state index contributed by atoms with van der Waals surface area (Å²) in [6.45, 7) is 8.87. The summed E-state index contributed by atoms with van der Waals surface area (Å²) in [6.07, 6.45) is 1.20. The van der Waals surface area contributed by atoms with Gasteiger partial charge >= 0.3 is 6.09 Å². The molecule has 2 heterocycles. The Hall–Kier alpha value is -3.03. The lowest BCUT2D eigenvalue weighted by atomic mass is 10.1. The van der Waals surface area contributed by atoms with Gasteiger partial charge in [0.1, 0.15) is 11.4 Å². The molecule has 8 nitrogen and oxygen atoms in total. The zero-order valence-electron chi connectivity index (χ0n) is 18.1. The van der Waals surface area contributed by atoms with Gasteiger partial charge in [-0.2, -0.15) is 5.10 Å². The fourth-order valence-electron chi connectivity index (χ4n) is 3.21. The Kier molecular flexibility index (Phi) is 6.64. The first kappa shape index (κ1) is 21.7. The quantitative estimate of drug-likeness (QED) is 0.701. The minimum absolute atomic E-state index is 0.132. The number of carbonyl (C=O) groups is 2. The smallest absolute Gasteiger partial charge is 0.410 e. The number of H-pyrrole nitrogens is 1. The fraction of sp³-hybridized carbons (Fsp3) is 0.500. The molecule has 1 aromatic heterocycles. The summed E-state index contributed by atoms with van der Waals surface area (Å²) in [5.41, 5.74) is 2.29. The Balaban J connectivity index is 1.50. The third-order valence-corrected chi connectivity index (χ3v) is 4.74. The molecule has 1 aromatic carbocycles. The van der Waals surface area contributed by atoms with Crippen LogP contribution in [0.5, 0.6) is 5.75 Å². The number of fused-ring (bicyclic) bond motifs is 1. The van der Waals surface area contributed by atoms with Gasteiger partial charge in [-0.05, 0) is 45.7 Å². The maximum absolute atomic E-state index is 12.4. The number of aromatic amines is 1. The number of amides is 2. The average molecular weight is 415 g/mol. The topological polar surface area (TPSA) is 96.5 Å². The number of nitrogens with one attached hydrogen (secondary N) is 2. The van der Waals surface area contributed by atoms with E-state index in [2.05, 4.69) is 15.5 Å². The van der Waals surface area contributed by atoms with Gasteiger partial charge in [-0.3, -0.25) is 9.89 Å². The van der Waals surface area contributed by atoms with E-state index in [-0.39, 0.29) is 12.0 Å². The molecule has 2 aromatic rings. The summed E-state index contributed by atoms with van der Waals surface area (Å²) in [7, 11) is 0. The summed E-state index contributed by atoms with van der Waals surface area (Å²) < 4.78 is 11.2. The molecule has 3 rings (SSSR count). The molecule has 0 bridgehead atoms. The predicted octanol–water partition coefficient (Wildman–Crippen LogP) is 3.81. The van der Waals surface area contributed by atoms with Crippen molar-refractivity contribution in [3.8, 4) is 5.75 Å². The van der Waals surface area contributed by atoms with E-state index in [1.54, 1.807) is 4.90 Å². The highest BCUT2D eigenvalue weighted by Gasteiger charge is 2.29. The molecular formula is C22H30N4O4. The van der Waals surface area contributed by atoms with Crippen LogP contribution in [0, 0.1) is 6.92 Å². The number of nitrogens with zero attached hydrogens (tertiary/aromatic N) is 2. The first-order valence-electron chi connectivity index (χ1n) is 10.3. The minimum Gasteiger partial charge on any atom is -0.493 e. The van der Waals surface area contributed by atoms with Gasteiger partial charge in [0, 0.05) is 30.6 Å². The molecule has 0 unspecified atom stereocenters. The van der Waals surface area contributed by atoms with Gasteiger partial charge in [-0.25, -0.2) is 4.79 Å². The molecule has 8 heteroatoms. The van der Waals surface area contributed by atoms with Crippen LogP contribution in [0.25, 0.3) is 0 Å². The molecule has 0 saturated heterocycles. The maximum atomic E-state index is 12.4. The van der Waals surface area contributed by atoms with Crippen LogP contribution in [0.4, 0.5) is 10.6 Å². The van der Waals surface area contributed by atoms with Crippen LogP contribution in [0.1, 0.15) is 50.4 Å². The van der Waals surface area contributed by atoms with Crippen LogP contribution >= 0.6 is 0 Å². The van der Waals surface area contributed by atoms with Gasteiger partial charge in [0.25, 0.3) is 0 Å². The SMILES string of the molecule is Cc1ccccc1OCCCC(=O)Nc1n[nH]c2c1CN(C(=O)OC(C)(C)C)CC2. The van der Waals surface area contributed by atoms with Crippen molar-refractivity contribution in [2.24, 2.45) is 0 Å². The first-order valence-corrected chi connectivity index (χ1v) is 10.3. The number of ether oxygens (including phenoxy) is 2. The first-order chi connectivity index (χ1) is 14.2. The number of aromatic nitrogens is 2. The molecule has 0 atom stereocenters. The van der Waals surface area contributed by atoms with Crippen molar-refractivity contribution >= 4 is 17.8 Å². The Morgan fingerprint density at radius 2 is 2.03 bits per heavy atom. The van der Waals surface area contributed by atoms with Gasteiger partial charge < -0.3 is 19.7 Å². The number of rotatable bonds is 6. The van der Waals surface area contributed by atoms with Gasteiger partial charge in [-0.1, -0.05) is 18.2 Å². The van der Waals surface area contributed by atoms with Crippen LogP contribution in [0.2, 0.25) is 0 Å². The van der Waals surface area contributed by atoms with Crippen LogP contribution in [-0.2, 0) is 22.5 Å². The summed E-state index contributed by atoms with van der Waals surface area (Å²) in [6, 6.07) is 7.80. The number of hydrogen-bond donors (Lipinski definition) is 2. The number of benzene rings is 1. The van der Waals surface area contributed by atoms with E-state index in [0.717, 1.165) is 22.6 Å². The molecule has 1 aliphatic heterocycles. The zero-order valence-corrected chi connectivity index (χ0v) is 18.1. The van der Waals surface area contributed by atoms with Gasteiger partial charge in [0.15, 0.2) is 5.82 Å². The van der Waals surface area contributed by atoms with Crippen molar-refractivity contribution in [3.05, 3.63) is 41.1 Å². The monoisotopic (exact) mass is 414 g/mol. The van der Waals surface area contributed by atoms with E-state index >= 15 is 0 Å². The third kappa shape index (κ3) is 5.75.